The molecule has 0 aromatic heterocycles. The maximum atomic E-state index is 11.0. The molecule has 0 saturated heterocycles. The van der Waals surface area contributed by atoms with Crippen molar-refractivity contribution in [3.05, 3.63) is 27.7 Å². The maximum absolute atomic E-state index is 11.0. The highest BCUT2D eigenvalue weighted by Crippen LogP contribution is 2.26. The predicted molar refractivity (Wildman–Crippen MR) is 50.5 cm³/mol. The zero-order chi connectivity index (χ0) is 9.30. The van der Waals surface area contributed by atoms with Gasteiger partial charge < -0.3 is 5.11 Å². The highest BCUT2D eigenvalue weighted by molar-refractivity contribution is 9.10. The first kappa shape index (κ1) is 9.26. The van der Waals surface area contributed by atoms with E-state index in [4.69, 9.17) is 0 Å². The Morgan fingerprint density at radius 1 is 1.50 bits per heavy atom. The molecule has 12 heavy (non-hydrogen) atoms. The molecule has 2 nitrogen and oxygen atoms in total. The molecule has 0 radical (unpaired) electrons. The number of phenols is 1. The standard InChI is InChI=1S/C9H9BrO2/c1-5-3-7(10)4-8(6(2)11)9(5)12/h3-4,12H,1-2H3. The Bertz CT molecular complexity index is 332. The molecule has 0 heterocycles. The maximum Gasteiger partial charge on any atom is 0.163 e. The molecule has 1 rings (SSSR count). The largest absolute Gasteiger partial charge is 0.507 e. The van der Waals surface area contributed by atoms with Crippen LogP contribution in [-0.4, -0.2) is 10.9 Å². The molecule has 1 aromatic rings. The normalized spacial score (nSPS) is 9.92. The van der Waals surface area contributed by atoms with Gasteiger partial charge in [-0.15, -0.1) is 0 Å². The summed E-state index contributed by atoms with van der Waals surface area (Å²) in [5, 5.41) is 9.45. The summed E-state index contributed by atoms with van der Waals surface area (Å²) in [6.45, 7) is 3.19. The van der Waals surface area contributed by atoms with Crippen LogP contribution in [-0.2, 0) is 0 Å². The number of aryl methyl sites for hydroxylation is 1. The van der Waals surface area contributed by atoms with Crippen molar-refractivity contribution < 1.29 is 9.90 Å². The van der Waals surface area contributed by atoms with Crippen LogP contribution >= 0.6 is 15.9 Å². The third-order valence-electron chi connectivity index (χ3n) is 1.64. The molecule has 1 aromatic carbocycles. The minimum Gasteiger partial charge on any atom is -0.507 e. The highest BCUT2D eigenvalue weighted by Gasteiger charge is 2.09. The number of rotatable bonds is 1. The second-order valence-corrected chi connectivity index (χ2v) is 3.59. The van der Waals surface area contributed by atoms with Crippen LogP contribution in [0.15, 0.2) is 16.6 Å². The Balaban J connectivity index is 3.37. The first-order valence-electron chi connectivity index (χ1n) is 3.52. The van der Waals surface area contributed by atoms with E-state index in [0.29, 0.717) is 11.1 Å². The van der Waals surface area contributed by atoms with Gasteiger partial charge in [-0.1, -0.05) is 15.9 Å². The molecule has 0 aliphatic rings. The molecule has 0 aliphatic heterocycles. The predicted octanol–water partition coefficient (Wildman–Crippen LogP) is 2.67. The van der Waals surface area contributed by atoms with E-state index in [1.54, 1.807) is 19.1 Å². The zero-order valence-electron chi connectivity index (χ0n) is 6.89. The van der Waals surface area contributed by atoms with E-state index in [0.717, 1.165) is 4.47 Å². The molecule has 0 bridgehead atoms. The van der Waals surface area contributed by atoms with Gasteiger partial charge in [0.2, 0.25) is 0 Å². The zero-order valence-corrected chi connectivity index (χ0v) is 8.47. The first-order valence-corrected chi connectivity index (χ1v) is 4.31. The smallest absolute Gasteiger partial charge is 0.163 e. The Morgan fingerprint density at radius 2 is 2.08 bits per heavy atom. The summed E-state index contributed by atoms with van der Waals surface area (Å²) < 4.78 is 0.808. The molecular weight excluding hydrogens is 220 g/mol. The topological polar surface area (TPSA) is 37.3 Å². The lowest BCUT2D eigenvalue weighted by Gasteiger charge is -2.04. The quantitative estimate of drug-likeness (QED) is 0.751. The minimum absolute atomic E-state index is 0.0747. The van der Waals surface area contributed by atoms with Crippen molar-refractivity contribution in [3.63, 3.8) is 0 Å². The Labute approximate surface area is 79.3 Å². The number of hydrogen-bond acceptors (Lipinski definition) is 2. The number of ketones is 1. The molecule has 0 unspecified atom stereocenters. The average molecular weight is 229 g/mol. The van der Waals surface area contributed by atoms with Crippen LogP contribution in [0.5, 0.6) is 5.75 Å². The molecule has 3 heteroatoms. The summed E-state index contributed by atoms with van der Waals surface area (Å²) in [5.74, 6) is -0.0531. The van der Waals surface area contributed by atoms with Crippen LogP contribution in [0.25, 0.3) is 0 Å². The van der Waals surface area contributed by atoms with Gasteiger partial charge in [0.25, 0.3) is 0 Å². The minimum atomic E-state index is -0.128. The van der Waals surface area contributed by atoms with E-state index in [2.05, 4.69) is 15.9 Å². The summed E-state index contributed by atoms with van der Waals surface area (Å²) in [5.41, 5.74) is 1.07. The molecule has 0 saturated carbocycles. The van der Waals surface area contributed by atoms with Crippen molar-refractivity contribution in [2.24, 2.45) is 0 Å². The van der Waals surface area contributed by atoms with Gasteiger partial charge >= 0.3 is 0 Å². The van der Waals surface area contributed by atoms with Crippen molar-refractivity contribution in [1.29, 1.82) is 0 Å². The molecule has 0 amide bonds. The van der Waals surface area contributed by atoms with Crippen molar-refractivity contribution in [1.82, 2.24) is 0 Å². The third-order valence-corrected chi connectivity index (χ3v) is 2.10. The second-order valence-electron chi connectivity index (χ2n) is 2.68. The van der Waals surface area contributed by atoms with Crippen molar-refractivity contribution >= 4 is 21.7 Å². The van der Waals surface area contributed by atoms with Crippen LogP contribution in [0.4, 0.5) is 0 Å². The van der Waals surface area contributed by atoms with Crippen molar-refractivity contribution in [3.8, 4) is 5.75 Å². The number of phenolic OH excluding ortho intramolecular Hbond substituents is 1. The Hall–Kier alpha value is -0.830. The van der Waals surface area contributed by atoms with Crippen LogP contribution < -0.4 is 0 Å². The van der Waals surface area contributed by atoms with E-state index < -0.39 is 0 Å². The van der Waals surface area contributed by atoms with Gasteiger partial charge in [-0.2, -0.15) is 0 Å². The van der Waals surface area contributed by atoms with Crippen LogP contribution in [0.2, 0.25) is 0 Å². The van der Waals surface area contributed by atoms with Gasteiger partial charge in [0.15, 0.2) is 5.78 Å². The van der Waals surface area contributed by atoms with Gasteiger partial charge in [0, 0.05) is 4.47 Å². The van der Waals surface area contributed by atoms with Gasteiger partial charge in [-0.05, 0) is 31.5 Å². The summed E-state index contributed by atoms with van der Waals surface area (Å²) in [6, 6.07) is 3.38. The molecule has 0 aliphatic carbocycles. The average Bonchev–Trinajstić information content (AvgIpc) is 1.96. The number of Topliss-reactive ketones (excluding diaryl/α,β-unsaturated/α-hetero) is 1. The van der Waals surface area contributed by atoms with E-state index in [1.807, 2.05) is 0 Å². The molecule has 0 spiro atoms. The number of carbonyl (C=O) groups is 1. The summed E-state index contributed by atoms with van der Waals surface area (Å²) in [6.07, 6.45) is 0. The van der Waals surface area contributed by atoms with Gasteiger partial charge in [-0.25, -0.2) is 0 Å². The number of benzene rings is 1. The van der Waals surface area contributed by atoms with E-state index in [-0.39, 0.29) is 11.5 Å². The highest BCUT2D eigenvalue weighted by atomic mass is 79.9. The number of halogens is 1. The van der Waals surface area contributed by atoms with Gasteiger partial charge in [-0.3, -0.25) is 4.79 Å². The summed E-state index contributed by atoms with van der Waals surface area (Å²) >= 11 is 3.25. The molecule has 0 atom stereocenters. The lowest BCUT2D eigenvalue weighted by Crippen LogP contribution is -1.94. The van der Waals surface area contributed by atoms with Gasteiger partial charge in [0.1, 0.15) is 5.75 Å². The molecular formula is C9H9BrO2. The van der Waals surface area contributed by atoms with Gasteiger partial charge in [0.05, 0.1) is 5.56 Å². The SMILES string of the molecule is CC(=O)c1cc(Br)cc(C)c1O. The van der Waals surface area contributed by atoms with Crippen LogP contribution in [0.3, 0.4) is 0 Å². The summed E-state index contributed by atoms with van der Waals surface area (Å²) in [7, 11) is 0. The monoisotopic (exact) mass is 228 g/mol. The van der Waals surface area contributed by atoms with E-state index >= 15 is 0 Å². The molecule has 0 fully saturated rings. The third kappa shape index (κ3) is 1.67. The second kappa shape index (κ2) is 3.27. The van der Waals surface area contributed by atoms with Crippen LogP contribution in [0, 0.1) is 6.92 Å². The Morgan fingerprint density at radius 3 is 2.58 bits per heavy atom. The first-order chi connectivity index (χ1) is 5.52. The lowest BCUT2D eigenvalue weighted by molar-refractivity contribution is 0.101. The number of hydrogen-bond donors (Lipinski definition) is 1. The lowest BCUT2D eigenvalue weighted by atomic mass is 10.1. The van der Waals surface area contributed by atoms with E-state index in [9.17, 15) is 9.90 Å². The number of carbonyl (C=O) groups excluding carboxylic acids is 1. The van der Waals surface area contributed by atoms with Crippen molar-refractivity contribution in [2.75, 3.05) is 0 Å². The molecule has 1 N–H and O–H groups in total. The molecule has 64 valence electrons. The van der Waals surface area contributed by atoms with Crippen molar-refractivity contribution in [2.45, 2.75) is 13.8 Å². The summed E-state index contributed by atoms with van der Waals surface area (Å²) in [4.78, 5) is 11.0. The van der Waals surface area contributed by atoms with Crippen LogP contribution in [0.1, 0.15) is 22.8 Å². The number of aromatic hydroxyl groups is 1. The fraction of sp³-hybridized carbons (Fsp3) is 0.222. The Kier molecular flexibility index (Phi) is 2.52. The fourth-order valence-corrected chi connectivity index (χ4v) is 1.58. The fourth-order valence-electron chi connectivity index (χ4n) is 1.00. The van der Waals surface area contributed by atoms with E-state index in [1.165, 1.54) is 6.92 Å².